The van der Waals surface area contributed by atoms with Gasteiger partial charge in [0.15, 0.2) is 5.82 Å². The lowest BCUT2D eigenvalue weighted by Crippen LogP contribution is -2.47. The van der Waals surface area contributed by atoms with Crippen molar-refractivity contribution in [3.63, 3.8) is 0 Å². The highest BCUT2D eigenvalue weighted by Crippen LogP contribution is 2.16. The summed E-state index contributed by atoms with van der Waals surface area (Å²) in [4.78, 5) is 24.9. The van der Waals surface area contributed by atoms with Gasteiger partial charge >= 0.3 is 0 Å². The van der Waals surface area contributed by atoms with E-state index in [2.05, 4.69) is 20.8 Å². The van der Waals surface area contributed by atoms with E-state index in [1.165, 1.54) is 0 Å². The van der Waals surface area contributed by atoms with E-state index >= 15 is 0 Å². The highest BCUT2D eigenvalue weighted by atomic mass is 35.5. The zero-order valence-corrected chi connectivity index (χ0v) is 15.5. The number of amides is 2. The Labute approximate surface area is 152 Å². The molecule has 3 N–H and O–H groups in total. The zero-order valence-electron chi connectivity index (χ0n) is 14.8. The monoisotopic (exact) mass is 362 g/mol. The summed E-state index contributed by atoms with van der Waals surface area (Å²) in [6, 6.07) is 7.63. The second-order valence-corrected chi connectivity index (χ2v) is 6.99. The van der Waals surface area contributed by atoms with Gasteiger partial charge in [0.05, 0.1) is 0 Å². The number of nitrogens with zero attached hydrogens (tertiary/aromatic N) is 1. The molecule has 0 radical (unpaired) electrons. The highest BCUT2D eigenvalue weighted by molar-refractivity contribution is 6.30. The number of aromatic nitrogens is 2. The minimum atomic E-state index is -0.678. The van der Waals surface area contributed by atoms with Gasteiger partial charge in [0, 0.05) is 22.3 Å². The van der Waals surface area contributed by atoms with Crippen LogP contribution in [-0.4, -0.2) is 28.1 Å². The summed E-state index contributed by atoms with van der Waals surface area (Å²) in [7, 11) is 0. The predicted molar refractivity (Wildman–Crippen MR) is 98.9 cm³/mol. The first-order chi connectivity index (χ1) is 11.8. The van der Waals surface area contributed by atoms with Crippen molar-refractivity contribution >= 4 is 29.2 Å². The average Bonchev–Trinajstić information content (AvgIpc) is 3.01. The third-order valence-corrected chi connectivity index (χ3v) is 4.07. The minimum Gasteiger partial charge on any atom is -0.340 e. The zero-order chi connectivity index (χ0) is 18.6. The normalized spacial score (nSPS) is 12.3. The minimum absolute atomic E-state index is 0.0836. The standard InChI is InChI=1S/C18H23ClN4O2/c1-10(2)14-9-15(23-22-14)20-18(25)16(11(3)4)21-17(24)12-5-7-13(19)8-6-12/h5-11,16H,1-4H3,(H,21,24)(H2,20,22,23,25). The highest BCUT2D eigenvalue weighted by Gasteiger charge is 2.25. The Hall–Kier alpha value is -2.34. The van der Waals surface area contributed by atoms with Crippen molar-refractivity contribution in [1.29, 1.82) is 0 Å². The number of aromatic amines is 1. The molecule has 7 heteroatoms. The van der Waals surface area contributed by atoms with Crippen molar-refractivity contribution < 1.29 is 9.59 Å². The number of carbonyl (C=O) groups excluding carboxylic acids is 2. The molecule has 0 aliphatic carbocycles. The van der Waals surface area contributed by atoms with Crippen LogP contribution in [0.4, 0.5) is 5.82 Å². The SMILES string of the molecule is CC(C)c1cc(NC(=O)C(NC(=O)c2ccc(Cl)cc2)C(C)C)n[nH]1. The van der Waals surface area contributed by atoms with Gasteiger partial charge in [0.2, 0.25) is 5.91 Å². The summed E-state index contributed by atoms with van der Waals surface area (Å²) in [6.07, 6.45) is 0. The molecule has 1 aromatic heterocycles. The van der Waals surface area contributed by atoms with Gasteiger partial charge in [-0.3, -0.25) is 14.7 Å². The molecule has 6 nitrogen and oxygen atoms in total. The van der Waals surface area contributed by atoms with Crippen LogP contribution in [0.1, 0.15) is 49.7 Å². The maximum atomic E-state index is 12.6. The maximum Gasteiger partial charge on any atom is 0.251 e. The van der Waals surface area contributed by atoms with Crippen LogP contribution in [-0.2, 0) is 4.79 Å². The fourth-order valence-electron chi connectivity index (χ4n) is 2.26. The lowest BCUT2D eigenvalue weighted by atomic mass is 10.0. The summed E-state index contributed by atoms with van der Waals surface area (Å²) in [5.74, 6) is 0.0121. The van der Waals surface area contributed by atoms with Gasteiger partial charge in [-0.15, -0.1) is 0 Å². The van der Waals surface area contributed by atoms with Gasteiger partial charge in [-0.1, -0.05) is 39.3 Å². The Kier molecular flexibility index (Phi) is 6.20. The molecule has 1 heterocycles. The van der Waals surface area contributed by atoms with Crippen LogP contribution >= 0.6 is 11.6 Å². The van der Waals surface area contributed by atoms with E-state index in [4.69, 9.17) is 11.6 Å². The molecule has 25 heavy (non-hydrogen) atoms. The van der Waals surface area contributed by atoms with E-state index in [0.717, 1.165) is 5.69 Å². The Bertz CT molecular complexity index is 738. The Morgan fingerprint density at radius 1 is 1.12 bits per heavy atom. The van der Waals surface area contributed by atoms with Crippen molar-refractivity contribution in [2.45, 2.75) is 39.7 Å². The molecule has 2 rings (SSSR count). The Morgan fingerprint density at radius 3 is 2.28 bits per heavy atom. The molecule has 1 unspecified atom stereocenters. The number of carbonyl (C=O) groups is 2. The molecule has 0 saturated carbocycles. The van der Waals surface area contributed by atoms with E-state index in [1.54, 1.807) is 30.3 Å². The summed E-state index contributed by atoms with van der Waals surface area (Å²) in [5.41, 5.74) is 1.38. The van der Waals surface area contributed by atoms with Crippen LogP contribution in [0.2, 0.25) is 5.02 Å². The molecule has 2 amide bonds. The van der Waals surface area contributed by atoms with E-state index in [-0.39, 0.29) is 23.7 Å². The van der Waals surface area contributed by atoms with Gasteiger partial charge in [-0.25, -0.2) is 0 Å². The van der Waals surface area contributed by atoms with Crippen LogP contribution < -0.4 is 10.6 Å². The lowest BCUT2D eigenvalue weighted by Gasteiger charge is -2.21. The number of anilines is 1. The molecule has 0 aliphatic rings. The van der Waals surface area contributed by atoms with Crippen molar-refractivity contribution in [2.24, 2.45) is 5.92 Å². The molecule has 134 valence electrons. The fraction of sp³-hybridized carbons (Fsp3) is 0.389. The molecule has 1 aromatic carbocycles. The van der Waals surface area contributed by atoms with Crippen LogP contribution in [0.15, 0.2) is 30.3 Å². The average molecular weight is 363 g/mol. The van der Waals surface area contributed by atoms with Crippen molar-refractivity contribution in [2.75, 3.05) is 5.32 Å². The molecule has 0 saturated heterocycles. The van der Waals surface area contributed by atoms with Crippen LogP contribution in [0, 0.1) is 5.92 Å². The third kappa shape index (κ3) is 5.06. The van der Waals surface area contributed by atoms with Gasteiger partial charge in [-0.05, 0) is 36.1 Å². The van der Waals surface area contributed by atoms with Gasteiger partial charge in [0.1, 0.15) is 6.04 Å². The molecule has 2 aromatic rings. The number of benzene rings is 1. The van der Waals surface area contributed by atoms with Crippen molar-refractivity contribution in [3.05, 3.63) is 46.6 Å². The summed E-state index contributed by atoms with van der Waals surface area (Å²) < 4.78 is 0. The van der Waals surface area contributed by atoms with Gasteiger partial charge in [-0.2, -0.15) is 5.10 Å². The Morgan fingerprint density at radius 2 is 1.76 bits per heavy atom. The van der Waals surface area contributed by atoms with E-state index in [0.29, 0.717) is 16.4 Å². The Balaban J connectivity index is 2.07. The number of nitrogens with one attached hydrogen (secondary N) is 3. The summed E-state index contributed by atoms with van der Waals surface area (Å²) in [5, 5.41) is 13.0. The first kappa shape index (κ1) is 19.0. The molecular weight excluding hydrogens is 340 g/mol. The molecule has 0 fully saturated rings. The van der Waals surface area contributed by atoms with Crippen molar-refractivity contribution in [1.82, 2.24) is 15.5 Å². The van der Waals surface area contributed by atoms with Gasteiger partial charge in [0.25, 0.3) is 5.91 Å². The van der Waals surface area contributed by atoms with Crippen LogP contribution in [0.5, 0.6) is 0 Å². The molecular formula is C18H23ClN4O2. The quantitative estimate of drug-likeness (QED) is 0.734. The van der Waals surface area contributed by atoms with E-state index < -0.39 is 6.04 Å². The second-order valence-electron chi connectivity index (χ2n) is 6.55. The van der Waals surface area contributed by atoms with Crippen LogP contribution in [0.3, 0.4) is 0 Å². The lowest BCUT2D eigenvalue weighted by molar-refractivity contribution is -0.118. The first-order valence-corrected chi connectivity index (χ1v) is 8.58. The van der Waals surface area contributed by atoms with Gasteiger partial charge < -0.3 is 10.6 Å². The third-order valence-electron chi connectivity index (χ3n) is 3.81. The number of halogens is 1. The smallest absolute Gasteiger partial charge is 0.251 e. The second kappa shape index (κ2) is 8.16. The largest absolute Gasteiger partial charge is 0.340 e. The first-order valence-electron chi connectivity index (χ1n) is 8.20. The predicted octanol–water partition coefficient (Wildman–Crippen LogP) is 3.58. The number of hydrogen-bond donors (Lipinski definition) is 3. The summed E-state index contributed by atoms with van der Waals surface area (Å²) >= 11 is 5.83. The number of rotatable bonds is 6. The molecule has 1 atom stereocenters. The topological polar surface area (TPSA) is 86.9 Å². The van der Waals surface area contributed by atoms with Crippen molar-refractivity contribution in [3.8, 4) is 0 Å². The maximum absolute atomic E-state index is 12.6. The molecule has 0 bridgehead atoms. The number of H-pyrrole nitrogens is 1. The molecule has 0 aliphatic heterocycles. The van der Waals surface area contributed by atoms with E-state index in [1.807, 2.05) is 27.7 Å². The fourth-order valence-corrected chi connectivity index (χ4v) is 2.39. The summed E-state index contributed by atoms with van der Waals surface area (Å²) in [6.45, 7) is 7.80. The van der Waals surface area contributed by atoms with E-state index in [9.17, 15) is 9.59 Å². The van der Waals surface area contributed by atoms with Crippen LogP contribution in [0.25, 0.3) is 0 Å². The number of hydrogen-bond acceptors (Lipinski definition) is 3. The molecule has 0 spiro atoms.